The van der Waals surface area contributed by atoms with Crippen LogP contribution in [0.2, 0.25) is 0 Å². The van der Waals surface area contributed by atoms with Crippen LogP contribution in [0.15, 0.2) is 66.7 Å². The van der Waals surface area contributed by atoms with Gasteiger partial charge in [0.2, 0.25) is 0 Å². The van der Waals surface area contributed by atoms with E-state index in [1.807, 2.05) is 48.5 Å². The number of rotatable bonds is 8. The van der Waals surface area contributed by atoms with E-state index in [1.165, 1.54) is 7.11 Å². The Labute approximate surface area is 188 Å². The molecule has 0 fully saturated rings. The number of ether oxygens (including phenoxy) is 1. The molecule has 164 valence electrons. The highest BCUT2D eigenvalue weighted by Crippen LogP contribution is 2.27. The Morgan fingerprint density at radius 2 is 1.81 bits per heavy atom. The number of methoxy groups -OCH3 is 1. The zero-order valence-electron chi connectivity index (χ0n) is 18.5. The fraction of sp³-hybridized carbons (Fsp3) is 0.259. The molecule has 1 aromatic heterocycles. The van der Waals surface area contributed by atoms with Crippen LogP contribution < -0.4 is 0 Å². The predicted molar refractivity (Wildman–Crippen MR) is 127 cm³/mol. The summed E-state index contributed by atoms with van der Waals surface area (Å²) in [4.78, 5) is 17.0. The van der Waals surface area contributed by atoms with E-state index in [0.29, 0.717) is 12.1 Å². The van der Waals surface area contributed by atoms with E-state index in [4.69, 9.17) is 9.72 Å². The number of aromatic nitrogens is 2. The summed E-state index contributed by atoms with van der Waals surface area (Å²) >= 11 is 0. The Morgan fingerprint density at radius 1 is 1.03 bits per heavy atom. The number of carbonyl (C=O) groups is 1. The SMILES string of the molecule is CCCCc1nc2cccc(CO)c2n1Cc1ccc(-c2ccccc2C(=O)OC)cc1. The lowest BCUT2D eigenvalue weighted by Gasteiger charge is -2.13. The Hall–Kier alpha value is -3.44. The largest absolute Gasteiger partial charge is 0.465 e. The molecule has 1 N–H and O–H groups in total. The second-order valence-electron chi connectivity index (χ2n) is 7.89. The van der Waals surface area contributed by atoms with Crippen LogP contribution in [0.4, 0.5) is 0 Å². The van der Waals surface area contributed by atoms with Crippen molar-refractivity contribution in [2.45, 2.75) is 39.3 Å². The van der Waals surface area contributed by atoms with Gasteiger partial charge < -0.3 is 14.4 Å². The first-order valence-electron chi connectivity index (χ1n) is 11.0. The number of hydrogen-bond donors (Lipinski definition) is 1. The number of fused-ring (bicyclic) bond motifs is 1. The summed E-state index contributed by atoms with van der Waals surface area (Å²) in [6.07, 6.45) is 3.08. The number of nitrogens with zero attached hydrogens (tertiary/aromatic N) is 2. The van der Waals surface area contributed by atoms with Crippen molar-refractivity contribution in [3.63, 3.8) is 0 Å². The van der Waals surface area contributed by atoms with Gasteiger partial charge in [0.25, 0.3) is 0 Å². The molecule has 0 amide bonds. The van der Waals surface area contributed by atoms with Crippen LogP contribution in [0.1, 0.15) is 47.1 Å². The second-order valence-corrected chi connectivity index (χ2v) is 7.89. The van der Waals surface area contributed by atoms with E-state index in [1.54, 1.807) is 6.07 Å². The molecule has 5 nitrogen and oxygen atoms in total. The number of aliphatic hydroxyl groups excluding tert-OH is 1. The highest BCUT2D eigenvalue weighted by molar-refractivity contribution is 5.97. The molecule has 4 aromatic rings. The highest BCUT2D eigenvalue weighted by atomic mass is 16.5. The number of esters is 1. The number of carbonyl (C=O) groups excluding carboxylic acids is 1. The van der Waals surface area contributed by atoms with E-state index >= 15 is 0 Å². The van der Waals surface area contributed by atoms with Crippen molar-refractivity contribution in [3.8, 4) is 11.1 Å². The van der Waals surface area contributed by atoms with Gasteiger partial charge in [0.1, 0.15) is 5.82 Å². The molecule has 0 saturated heterocycles. The van der Waals surface area contributed by atoms with Crippen molar-refractivity contribution in [2.75, 3.05) is 7.11 Å². The van der Waals surface area contributed by atoms with E-state index in [9.17, 15) is 9.90 Å². The minimum Gasteiger partial charge on any atom is -0.465 e. The minimum atomic E-state index is -0.341. The van der Waals surface area contributed by atoms with Crippen molar-refractivity contribution in [1.82, 2.24) is 9.55 Å². The highest BCUT2D eigenvalue weighted by Gasteiger charge is 2.15. The van der Waals surface area contributed by atoms with Gasteiger partial charge in [-0.15, -0.1) is 0 Å². The molecule has 3 aromatic carbocycles. The van der Waals surface area contributed by atoms with Crippen molar-refractivity contribution in [3.05, 3.63) is 89.2 Å². The third-order valence-electron chi connectivity index (χ3n) is 5.79. The van der Waals surface area contributed by atoms with Crippen LogP contribution in [0.3, 0.4) is 0 Å². The Bertz CT molecular complexity index is 1230. The predicted octanol–water partition coefficient (Wildman–Crippen LogP) is 5.37. The molecule has 0 aliphatic heterocycles. The minimum absolute atomic E-state index is 0.0144. The molecule has 1 heterocycles. The maximum Gasteiger partial charge on any atom is 0.338 e. The molecule has 0 unspecified atom stereocenters. The number of unbranched alkanes of at least 4 members (excludes halogenated alkanes) is 1. The normalized spacial score (nSPS) is 11.1. The van der Waals surface area contributed by atoms with Crippen LogP contribution >= 0.6 is 0 Å². The van der Waals surface area contributed by atoms with Gasteiger partial charge in [0.05, 0.1) is 30.3 Å². The standard InChI is InChI=1S/C27H28N2O3/c1-3-4-12-25-28-24-11-7-8-21(18-30)26(24)29(25)17-19-13-15-20(16-14-19)22-9-5-6-10-23(22)27(31)32-2/h5-11,13-16,30H,3-4,12,17-18H2,1-2H3. The van der Waals surface area contributed by atoms with Gasteiger partial charge >= 0.3 is 5.97 Å². The first-order valence-corrected chi connectivity index (χ1v) is 11.0. The van der Waals surface area contributed by atoms with E-state index in [2.05, 4.69) is 23.6 Å². The van der Waals surface area contributed by atoms with Gasteiger partial charge in [0.15, 0.2) is 0 Å². The van der Waals surface area contributed by atoms with Crippen LogP contribution in [-0.2, 0) is 24.3 Å². The maximum atomic E-state index is 12.1. The number of aliphatic hydroxyl groups is 1. The monoisotopic (exact) mass is 428 g/mol. The molecule has 0 atom stereocenters. The molecular weight excluding hydrogens is 400 g/mol. The average Bonchev–Trinajstić information content (AvgIpc) is 3.20. The van der Waals surface area contributed by atoms with Crippen molar-refractivity contribution < 1.29 is 14.6 Å². The first kappa shape index (κ1) is 21.8. The van der Waals surface area contributed by atoms with Gasteiger partial charge in [-0.05, 0) is 35.2 Å². The first-order chi connectivity index (χ1) is 15.7. The number of imidazole rings is 1. The molecule has 0 spiro atoms. The van der Waals surface area contributed by atoms with Crippen LogP contribution in [-0.4, -0.2) is 27.7 Å². The lowest BCUT2D eigenvalue weighted by atomic mass is 9.98. The van der Waals surface area contributed by atoms with Gasteiger partial charge in [-0.2, -0.15) is 0 Å². The zero-order chi connectivity index (χ0) is 22.5. The van der Waals surface area contributed by atoms with Crippen LogP contribution in [0, 0.1) is 0 Å². The van der Waals surface area contributed by atoms with Gasteiger partial charge in [0, 0.05) is 18.5 Å². The summed E-state index contributed by atoms with van der Waals surface area (Å²) in [5.74, 6) is 0.703. The summed E-state index contributed by atoms with van der Waals surface area (Å²) in [6.45, 7) is 2.84. The summed E-state index contributed by atoms with van der Waals surface area (Å²) in [7, 11) is 1.40. The van der Waals surface area contributed by atoms with E-state index in [-0.39, 0.29) is 12.6 Å². The van der Waals surface area contributed by atoms with E-state index in [0.717, 1.165) is 58.4 Å². The molecule has 5 heteroatoms. The molecule has 4 rings (SSSR count). The summed E-state index contributed by atoms with van der Waals surface area (Å²) in [6, 6.07) is 21.6. The number of benzene rings is 3. The van der Waals surface area contributed by atoms with Crippen molar-refractivity contribution in [1.29, 1.82) is 0 Å². The second kappa shape index (κ2) is 9.79. The zero-order valence-corrected chi connectivity index (χ0v) is 18.5. The summed E-state index contributed by atoms with van der Waals surface area (Å²) in [5.41, 5.74) is 6.32. The van der Waals surface area contributed by atoms with Crippen LogP contribution in [0.5, 0.6) is 0 Å². The molecular formula is C27H28N2O3. The van der Waals surface area contributed by atoms with Crippen molar-refractivity contribution in [2.24, 2.45) is 0 Å². The maximum absolute atomic E-state index is 12.1. The molecule has 0 saturated carbocycles. The summed E-state index contributed by atoms with van der Waals surface area (Å²) < 4.78 is 7.16. The fourth-order valence-corrected chi connectivity index (χ4v) is 4.13. The van der Waals surface area contributed by atoms with Crippen LogP contribution in [0.25, 0.3) is 22.2 Å². The fourth-order valence-electron chi connectivity index (χ4n) is 4.13. The average molecular weight is 429 g/mol. The number of hydrogen-bond acceptors (Lipinski definition) is 4. The third-order valence-corrected chi connectivity index (χ3v) is 5.79. The van der Waals surface area contributed by atoms with Gasteiger partial charge in [-0.1, -0.05) is 67.9 Å². The molecule has 0 aliphatic carbocycles. The Balaban J connectivity index is 1.69. The third kappa shape index (κ3) is 4.30. The molecule has 32 heavy (non-hydrogen) atoms. The quantitative estimate of drug-likeness (QED) is 0.383. The Morgan fingerprint density at radius 3 is 2.53 bits per heavy atom. The molecule has 0 bridgehead atoms. The molecule has 0 radical (unpaired) electrons. The summed E-state index contributed by atoms with van der Waals surface area (Å²) in [5, 5.41) is 9.89. The lowest BCUT2D eigenvalue weighted by Crippen LogP contribution is -2.07. The molecule has 0 aliphatic rings. The van der Waals surface area contributed by atoms with E-state index < -0.39 is 0 Å². The topological polar surface area (TPSA) is 64.4 Å². The smallest absolute Gasteiger partial charge is 0.338 e. The number of para-hydroxylation sites is 1. The Kier molecular flexibility index (Phi) is 6.66. The lowest BCUT2D eigenvalue weighted by molar-refractivity contribution is 0.0601. The number of aryl methyl sites for hydroxylation is 1. The van der Waals surface area contributed by atoms with Gasteiger partial charge in [-0.3, -0.25) is 0 Å². The van der Waals surface area contributed by atoms with Gasteiger partial charge in [-0.25, -0.2) is 9.78 Å². The van der Waals surface area contributed by atoms with Crippen molar-refractivity contribution >= 4 is 17.0 Å².